The summed E-state index contributed by atoms with van der Waals surface area (Å²) in [7, 11) is 0. The summed E-state index contributed by atoms with van der Waals surface area (Å²) in [4.78, 5) is 29.4. The molecule has 0 fully saturated rings. The fourth-order valence-corrected chi connectivity index (χ4v) is 2.22. The van der Waals surface area contributed by atoms with E-state index in [-0.39, 0.29) is 11.2 Å². The van der Waals surface area contributed by atoms with Gasteiger partial charge in [0.15, 0.2) is 5.65 Å². The normalized spacial score (nSPS) is 11.0. The van der Waals surface area contributed by atoms with Crippen molar-refractivity contribution in [2.45, 2.75) is 19.9 Å². The molecule has 3 aromatic rings. The molecule has 0 saturated carbocycles. The zero-order valence-electron chi connectivity index (χ0n) is 11.8. The lowest BCUT2D eigenvalue weighted by Crippen LogP contribution is -2.10. The van der Waals surface area contributed by atoms with Crippen molar-refractivity contribution in [2.24, 2.45) is 0 Å². The monoisotopic (exact) mass is 299 g/mol. The molecule has 0 unspecified atom stereocenters. The van der Waals surface area contributed by atoms with Crippen LogP contribution in [0.2, 0.25) is 0 Å². The highest BCUT2D eigenvalue weighted by Gasteiger charge is 2.12. The SMILES string of the molecule is CCCn1ncc2c(=O)[nH]c(-c3ccc([N+](=O)[O-])cc3)nc21. The van der Waals surface area contributed by atoms with Gasteiger partial charge in [0.25, 0.3) is 11.2 Å². The molecule has 0 bridgehead atoms. The highest BCUT2D eigenvalue weighted by atomic mass is 16.6. The Morgan fingerprint density at radius 3 is 2.68 bits per heavy atom. The minimum absolute atomic E-state index is 0.0109. The van der Waals surface area contributed by atoms with Crippen LogP contribution in [0, 0.1) is 10.1 Å². The average molecular weight is 299 g/mol. The summed E-state index contributed by atoms with van der Waals surface area (Å²) in [6.45, 7) is 2.68. The molecule has 1 N–H and O–H groups in total. The van der Waals surface area contributed by atoms with Crippen LogP contribution in [0.25, 0.3) is 22.4 Å². The molecule has 0 aliphatic heterocycles. The fourth-order valence-electron chi connectivity index (χ4n) is 2.22. The molecule has 0 radical (unpaired) electrons. The first kappa shape index (κ1) is 13.9. The summed E-state index contributed by atoms with van der Waals surface area (Å²) in [5.41, 5.74) is 0.830. The number of aromatic amines is 1. The van der Waals surface area contributed by atoms with Crippen LogP contribution in [-0.2, 0) is 6.54 Å². The topological polar surface area (TPSA) is 107 Å². The van der Waals surface area contributed by atoms with Crippen LogP contribution in [0.5, 0.6) is 0 Å². The third-order valence-corrected chi connectivity index (χ3v) is 3.29. The molecular formula is C14H13N5O3. The minimum atomic E-state index is -0.473. The third kappa shape index (κ3) is 2.34. The Bertz CT molecular complexity index is 895. The van der Waals surface area contributed by atoms with E-state index in [2.05, 4.69) is 15.1 Å². The molecular weight excluding hydrogens is 286 g/mol. The van der Waals surface area contributed by atoms with Crippen molar-refractivity contribution < 1.29 is 4.92 Å². The molecule has 8 heteroatoms. The van der Waals surface area contributed by atoms with Gasteiger partial charge < -0.3 is 4.98 Å². The number of nitrogens with one attached hydrogen (secondary N) is 1. The molecule has 0 aliphatic rings. The van der Waals surface area contributed by atoms with Gasteiger partial charge in [-0.15, -0.1) is 0 Å². The van der Waals surface area contributed by atoms with Crippen LogP contribution in [0.4, 0.5) is 5.69 Å². The first-order valence-corrected chi connectivity index (χ1v) is 6.81. The molecule has 0 spiro atoms. The summed E-state index contributed by atoms with van der Waals surface area (Å²) in [5, 5.41) is 15.3. The second-order valence-corrected chi connectivity index (χ2v) is 4.82. The van der Waals surface area contributed by atoms with Crippen molar-refractivity contribution in [2.75, 3.05) is 0 Å². The highest BCUT2D eigenvalue weighted by molar-refractivity contribution is 5.75. The van der Waals surface area contributed by atoms with Crippen LogP contribution >= 0.6 is 0 Å². The fraction of sp³-hybridized carbons (Fsp3) is 0.214. The standard InChI is InChI=1S/C14H13N5O3/c1-2-7-18-13-11(8-15-18)14(20)17-12(16-13)9-3-5-10(6-4-9)19(21)22/h3-6,8H,2,7H2,1H3,(H,16,17,20). The van der Waals surface area contributed by atoms with Crippen molar-refractivity contribution >= 4 is 16.7 Å². The number of aromatic nitrogens is 4. The Labute approximate surface area is 124 Å². The zero-order chi connectivity index (χ0) is 15.7. The number of H-pyrrole nitrogens is 1. The van der Waals surface area contributed by atoms with E-state index in [1.165, 1.54) is 18.3 Å². The van der Waals surface area contributed by atoms with E-state index in [9.17, 15) is 14.9 Å². The summed E-state index contributed by atoms with van der Waals surface area (Å²) in [6, 6.07) is 5.87. The molecule has 3 rings (SSSR count). The van der Waals surface area contributed by atoms with Crippen molar-refractivity contribution in [1.82, 2.24) is 19.7 Å². The smallest absolute Gasteiger partial charge is 0.269 e. The molecule has 0 atom stereocenters. The van der Waals surface area contributed by atoms with Crippen molar-refractivity contribution in [3.63, 3.8) is 0 Å². The van der Waals surface area contributed by atoms with E-state index in [1.807, 2.05) is 6.92 Å². The van der Waals surface area contributed by atoms with E-state index >= 15 is 0 Å². The largest absolute Gasteiger partial charge is 0.306 e. The first-order chi connectivity index (χ1) is 10.6. The van der Waals surface area contributed by atoms with E-state index in [1.54, 1.807) is 16.8 Å². The lowest BCUT2D eigenvalue weighted by Gasteiger charge is -2.03. The van der Waals surface area contributed by atoms with Crippen molar-refractivity contribution in [1.29, 1.82) is 0 Å². The highest BCUT2D eigenvalue weighted by Crippen LogP contribution is 2.20. The van der Waals surface area contributed by atoms with Crippen LogP contribution in [0.3, 0.4) is 0 Å². The van der Waals surface area contributed by atoms with E-state index in [0.29, 0.717) is 29.0 Å². The molecule has 22 heavy (non-hydrogen) atoms. The second kappa shape index (κ2) is 5.40. The predicted molar refractivity (Wildman–Crippen MR) is 80.5 cm³/mol. The van der Waals surface area contributed by atoms with Gasteiger partial charge in [0, 0.05) is 24.2 Å². The molecule has 0 saturated heterocycles. The summed E-state index contributed by atoms with van der Waals surface area (Å²) >= 11 is 0. The van der Waals surface area contributed by atoms with Gasteiger partial charge in [0.1, 0.15) is 11.2 Å². The Balaban J connectivity index is 2.12. The Kier molecular flexibility index (Phi) is 3.42. The second-order valence-electron chi connectivity index (χ2n) is 4.82. The third-order valence-electron chi connectivity index (χ3n) is 3.29. The lowest BCUT2D eigenvalue weighted by molar-refractivity contribution is -0.384. The van der Waals surface area contributed by atoms with Crippen LogP contribution in [0.15, 0.2) is 35.3 Å². The van der Waals surface area contributed by atoms with Gasteiger partial charge in [-0.05, 0) is 18.6 Å². The van der Waals surface area contributed by atoms with E-state index < -0.39 is 4.92 Å². The molecule has 2 heterocycles. The van der Waals surface area contributed by atoms with Crippen LogP contribution in [-0.4, -0.2) is 24.7 Å². The molecule has 0 aliphatic carbocycles. The predicted octanol–water partition coefficient (Wildman–Crippen LogP) is 2.10. The van der Waals surface area contributed by atoms with Gasteiger partial charge >= 0.3 is 0 Å². The summed E-state index contributed by atoms with van der Waals surface area (Å²) in [6.07, 6.45) is 2.37. The minimum Gasteiger partial charge on any atom is -0.306 e. The van der Waals surface area contributed by atoms with Gasteiger partial charge in [-0.3, -0.25) is 14.9 Å². The maximum absolute atomic E-state index is 12.1. The number of hydrogen-bond donors (Lipinski definition) is 1. The molecule has 1 aromatic carbocycles. The molecule has 8 nitrogen and oxygen atoms in total. The Morgan fingerprint density at radius 1 is 1.32 bits per heavy atom. The number of nitro benzene ring substituents is 1. The van der Waals surface area contributed by atoms with E-state index in [0.717, 1.165) is 6.42 Å². The number of hydrogen-bond acceptors (Lipinski definition) is 5. The number of nitrogens with zero attached hydrogens (tertiary/aromatic N) is 4. The number of fused-ring (bicyclic) bond motifs is 1. The molecule has 0 amide bonds. The molecule has 2 aromatic heterocycles. The maximum atomic E-state index is 12.1. The van der Waals surface area contributed by atoms with Gasteiger partial charge in [-0.1, -0.05) is 6.92 Å². The number of non-ortho nitro benzene ring substituents is 1. The number of aryl methyl sites for hydroxylation is 1. The first-order valence-electron chi connectivity index (χ1n) is 6.81. The lowest BCUT2D eigenvalue weighted by atomic mass is 10.2. The summed E-state index contributed by atoms with van der Waals surface area (Å²) in [5.74, 6) is 0.366. The van der Waals surface area contributed by atoms with Crippen LogP contribution < -0.4 is 5.56 Å². The quantitative estimate of drug-likeness (QED) is 0.586. The maximum Gasteiger partial charge on any atom is 0.269 e. The van der Waals surface area contributed by atoms with Crippen molar-refractivity contribution in [3.05, 3.63) is 50.9 Å². The van der Waals surface area contributed by atoms with Crippen molar-refractivity contribution in [3.8, 4) is 11.4 Å². The molecule has 112 valence electrons. The van der Waals surface area contributed by atoms with Gasteiger partial charge in [-0.2, -0.15) is 5.10 Å². The van der Waals surface area contributed by atoms with Gasteiger partial charge in [-0.25, -0.2) is 9.67 Å². The van der Waals surface area contributed by atoms with E-state index in [4.69, 9.17) is 0 Å². The van der Waals surface area contributed by atoms with Gasteiger partial charge in [0.05, 0.1) is 11.1 Å². The summed E-state index contributed by atoms with van der Waals surface area (Å²) < 4.78 is 1.68. The zero-order valence-corrected chi connectivity index (χ0v) is 11.8. The average Bonchev–Trinajstić information content (AvgIpc) is 2.91. The Morgan fingerprint density at radius 2 is 2.05 bits per heavy atom. The number of benzene rings is 1. The number of rotatable bonds is 4. The van der Waals surface area contributed by atoms with Gasteiger partial charge in [0.2, 0.25) is 0 Å². The number of nitro groups is 1. The Hall–Kier alpha value is -3.03. The van der Waals surface area contributed by atoms with Crippen LogP contribution in [0.1, 0.15) is 13.3 Å².